The van der Waals surface area contributed by atoms with E-state index < -0.39 is 18.0 Å². The molecule has 0 saturated heterocycles. The third-order valence-corrected chi connectivity index (χ3v) is 1.68. The van der Waals surface area contributed by atoms with Gasteiger partial charge in [-0.1, -0.05) is 0 Å². The minimum Gasteiger partial charge on any atom is -0.466 e. The average molecular weight is 246 g/mol. The van der Waals surface area contributed by atoms with E-state index in [0.29, 0.717) is 0 Å². The number of ether oxygens (including phenoxy) is 3. The van der Waals surface area contributed by atoms with Crippen molar-refractivity contribution in [1.82, 2.24) is 0 Å². The summed E-state index contributed by atoms with van der Waals surface area (Å²) >= 11 is 0. The highest BCUT2D eigenvalue weighted by molar-refractivity contribution is 5.97. The van der Waals surface area contributed by atoms with Crippen molar-refractivity contribution in [2.24, 2.45) is 0 Å². The fourth-order valence-electron chi connectivity index (χ4n) is 1.12. The summed E-state index contributed by atoms with van der Waals surface area (Å²) in [6, 6.07) is 0. The first kappa shape index (κ1) is 16.1. The number of esters is 1. The standard InChI is InChI=1S/C12H22O5/c1-6-15-11(14)7-10(13)12(16-8(2)3)17-9(4)5/h8-9,12H,6-7H2,1-5H3. The van der Waals surface area contributed by atoms with Crippen LogP contribution in [0.1, 0.15) is 41.0 Å². The molecule has 0 radical (unpaired) electrons. The van der Waals surface area contributed by atoms with Crippen LogP contribution in [0.3, 0.4) is 0 Å². The van der Waals surface area contributed by atoms with Gasteiger partial charge in [0.1, 0.15) is 6.42 Å². The van der Waals surface area contributed by atoms with Gasteiger partial charge >= 0.3 is 5.97 Å². The molecule has 0 aliphatic heterocycles. The number of rotatable bonds is 8. The summed E-state index contributed by atoms with van der Waals surface area (Å²) in [6.07, 6.45) is -1.62. The van der Waals surface area contributed by atoms with Gasteiger partial charge in [-0.05, 0) is 34.6 Å². The van der Waals surface area contributed by atoms with Crippen molar-refractivity contribution in [3.63, 3.8) is 0 Å². The van der Waals surface area contributed by atoms with Gasteiger partial charge in [-0.3, -0.25) is 9.59 Å². The quantitative estimate of drug-likeness (QED) is 0.370. The molecule has 0 rings (SSSR count). The lowest BCUT2D eigenvalue weighted by Crippen LogP contribution is -2.34. The van der Waals surface area contributed by atoms with Crippen molar-refractivity contribution in [2.75, 3.05) is 6.61 Å². The van der Waals surface area contributed by atoms with E-state index in [-0.39, 0.29) is 25.2 Å². The van der Waals surface area contributed by atoms with Gasteiger partial charge in [-0.25, -0.2) is 0 Å². The molecule has 0 fully saturated rings. The van der Waals surface area contributed by atoms with Gasteiger partial charge in [0.2, 0.25) is 6.29 Å². The highest BCUT2D eigenvalue weighted by atomic mass is 16.7. The van der Waals surface area contributed by atoms with Crippen molar-refractivity contribution in [2.45, 2.75) is 59.5 Å². The zero-order valence-electron chi connectivity index (χ0n) is 11.2. The molecule has 0 amide bonds. The minimum absolute atomic E-state index is 0.148. The number of Topliss-reactive ketones (excluding diaryl/α,β-unsaturated/α-hetero) is 1. The topological polar surface area (TPSA) is 61.8 Å². The number of carbonyl (C=O) groups excluding carboxylic acids is 2. The summed E-state index contributed by atoms with van der Waals surface area (Å²) in [5.74, 6) is -0.965. The van der Waals surface area contributed by atoms with Crippen LogP contribution in [-0.4, -0.2) is 36.9 Å². The van der Waals surface area contributed by atoms with Crippen molar-refractivity contribution in [3.05, 3.63) is 0 Å². The van der Waals surface area contributed by atoms with Crippen LogP contribution in [0.4, 0.5) is 0 Å². The molecule has 5 nitrogen and oxygen atoms in total. The average Bonchev–Trinajstić information content (AvgIpc) is 2.15. The van der Waals surface area contributed by atoms with Crippen molar-refractivity contribution >= 4 is 11.8 Å². The lowest BCUT2D eigenvalue weighted by Gasteiger charge is -2.21. The predicted molar refractivity (Wildman–Crippen MR) is 62.5 cm³/mol. The fourth-order valence-corrected chi connectivity index (χ4v) is 1.12. The van der Waals surface area contributed by atoms with E-state index in [1.807, 2.05) is 0 Å². The maximum Gasteiger partial charge on any atom is 0.313 e. The van der Waals surface area contributed by atoms with Gasteiger partial charge in [-0.15, -0.1) is 0 Å². The van der Waals surface area contributed by atoms with Crippen molar-refractivity contribution in [3.8, 4) is 0 Å². The molecular weight excluding hydrogens is 224 g/mol. The first-order valence-electron chi connectivity index (χ1n) is 5.86. The van der Waals surface area contributed by atoms with E-state index in [1.165, 1.54) is 0 Å². The molecular formula is C12H22O5. The summed E-state index contributed by atoms with van der Waals surface area (Å²) in [7, 11) is 0. The Hall–Kier alpha value is -0.940. The largest absolute Gasteiger partial charge is 0.466 e. The number of ketones is 1. The van der Waals surface area contributed by atoms with Crippen LogP contribution >= 0.6 is 0 Å². The monoisotopic (exact) mass is 246 g/mol. The Bertz CT molecular complexity index is 237. The Morgan fingerprint density at radius 2 is 1.47 bits per heavy atom. The molecule has 0 aromatic carbocycles. The molecule has 0 bridgehead atoms. The highest BCUT2D eigenvalue weighted by Crippen LogP contribution is 2.08. The van der Waals surface area contributed by atoms with Crippen LogP contribution in [0.25, 0.3) is 0 Å². The van der Waals surface area contributed by atoms with Gasteiger partial charge in [0, 0.05) is 0 Å². The lowest BCUT2D eigenvalue weighted by molar-refractivity contribution is -0.191. The molecule has 0 heterocycles. The van der Waals surface area contributed by atoms with Crippen LogP contribution < -0.4 is 0 Å². The van der Waals surface area contributed by atoms with Gasteiger partial charge < -0.3 is 14.2 Å². The molecule has 0 aliphatic carbocycles. The van der Waals surface area contributed by atoms with E-state index >= 15 is 0 Å². The molecule has 17 heavy (non-hydrogen) atoms. The second-order valence-corrected chi connectivity index (χ2v) is 4.15. The predicted octanol–water partition coefficient (Wildman–Crippen LogP) is 1.68. The second-order valence-electron chi connectivity index (χ2n) is 4.15. The zero-order valence-corrected chi connectivity index (χ0v) is 11.2. The van der Waals surface area contributed by atoms with Gasteiger partial charge in [0.25, 0.3) is 0 Å². The lowest BCUT2D eigenvalue weighted by atomic mass is 10.2. The second kappa shape index (κ2) is 8.20. The van der Waals surface area contributed by atoms with Crippen molar-refractivity contribution < 1.29 is 23.8 Å². The van der Waals surface area contributed by atoms with Crippen LogP contribution in [0.2, 0.25) is 0 Å². The molecule has 0 atom stereocenters. The number of carbonyl (C=O) groups is 2. The molecule has 0 spiro atoms. The molecule has 0 N–H and O–H groups in total. The van der Waals surface area contributed by atoms with Gasteiger partial charge in [0.05, 0.1) is 18.8 Å². The van der Waals surface area contributed by atoms with Crippen LogP contribution in [0.5, 0.6) is 0 Å². The molecule has 0 aromatic heterocycles. The Morgan fingerprint density at radius 1 is 1.00 bits per heavy atom. The van der Waals surface area contributed by atoms with Crippen LogP contribution in [0, 0.1) is 0 Å². The Kier molecular flexibility index (Phi) is 7.74. The fraction of sp³-hybridized carbons (Fsp3) is 0.833. The SMILES string of the molecule is CCOC(=O)CC(=O)C(OC(C)C)OC(C)C. The maximum atomic E-state index is 11.7. The van der Waals surface area contributed by atoms with Crippen LogP contribution in [0.15, 0.2) is 0 Å². The number of hydrogen-bond acceptors (Lipinski definition) is 5. The first-order chi connectivity index (χ1) is 7.86. The van der Waals surface area contributed by atoms with E-state index in [0.717, 1.165) is 0 Å². The summed E-state index contributed by atoms with van der Waals surface area (Å²) in [5.41, 5.74) is 0. The maximum absolute atomic E-state index is 11.7. The molecule has 0 saturated carbocycles. The molecule has 0 aliphatic rings. The van der Waals surface area contributed by atoms with Crippen LogP contribution in [-0.2, 0) is 23.8 Å². The number of hydrogen-bond donors (Lipinski definition) is 0. The Balaban J connectivity index is 4.36. The van der Waals surface area contributed by atoms with Crippen molar-refractivity contribution in [1.29, 1.82) is 0 Å². The van der Waals surface area contributed by atoms with E-state index in [9.17, 15) is 9.59 Å². The summed E-state index contributed by atoms with van der Waals surface area (Å²) in [6.45, 7) is 9.15. The smallest absolute Gasteiger partial charge is 0.313 e. The minimum atomic E-state index is -1.00. The third-order valence-electron chi connectivity index (χ3n) is 1.68. The van der Waals surface area contributed by atoms with E-state index in [2.05, 4.69) is 0 Å². The molecule has 100 valence electrons. The molecule has 0 aromatic rings. The first-order valence-corrected chi connectivity index (χ1v) is 5.86. The van der Waals surface area contributed by atoms with E-state index in [4.69, 9.17) is 14.2 Å². The zero-order chi connectivity index (χ0) is 13.4. The van der Waals surface area contributed by atoms with Gasteiger partial charge in [0.15, 0.2) is 5.78 Å². The summed E-state index contributed by atoms with van der Waals surface area (Å²) in [4.78, 5) is 22.9. The normalized spacial score (nSPS) is 11.3. The summed E-state index contributed by atoms with van der Waals surface area (Å²) in [5, 5.41) is 0. The molecule has 5 heteroatoms. The highest BCUT2D eigenvalue weighted by Gasteiger charge is 2.25. The third kappa shape index (κ3) is 7.88. The summed E-state index contributed by atoms with van der Waals surface area (Å²) < 4.78 is 15.3. The molecule has 0 unspecified atom stereocenters. The Morgan fingerprint density at radius 3 is 1.82 bits per heavy atom. The van der Waals surface area contributed by atoms with Gasteiger partial charge in [-0.2, -0.15) is 0 Å². The Labute approximate surface area is 102 Å². The van der Waals surface area contributed by atoms with E-state index in [1.54, 1.807) is 34.6 Å².